The fourth-order valence-electron chi connectivity index (χ4n) is 1.90. The largest absolute Gasteiger partial charge is 0.490 e. The summed E-state index contributed by atoms with van der Waals surface area (Å²) in [7, 11) is 0. The molecule has 1 aromatic carbocycles. The zero-order valence-corrected chi connectivity index (χ0v) is 8.32. The summed E-state index contributed by atoms with van der Waals surface area (Å²) in [6.45, 7) is 2.65. The van der Waals surface area contributed by atoms with Crippen molar-refractivity contribution in [1.82, 2.24) is 0 Å². The number of nitrogens with two attached hydrogens (primary N) is 1. The molecule has 0 fully saturated rings. The second kappa shape index (κ2) is 3.98. The minimum absolute atomic E-state index is 0.296. The van der Waals surface area contributed by atoms with Gasteiger partial charge in [-0.2, -0.15) is 0 Å². The second-order valence-electron chi connectivity index (χ2n) is 3.65. The maximum absolute atomic E-state index is 5.66. The summed E-state index contributed by atoms with van der Waals surface area (Å²) in [5, 5.41) is 0. The molecule has 2 rings (SSSR count). The zero-order valence-electron chi connectivity index (χ0n) is 8.32. The fourth-order valence-corrected chi connectivity index (χ4v) is 1.90. The van der Waals surface area contributed by atoms with Crippen LogP contribution in [0.15, 0.2) is 18.2 Å². The molecule has 3 nitrogen and oxygen atoms in total. The Morgan fingerprint density at radius 3 is 3.21 bits per heavy atom. The minimum Gasteiger partial charge on any atom is -0.490 e. The lowest BCUT2D eigenvalue weighted by atomic mass is 10.0. The lowest BCUT2D eigenvalue weighted by Gasteiger charge is -2.05. The van der Waals surface area contributed by atoms with Crippen LogP contribution in [0.25, 0.3) is 0 Å². The van der Waals surface area contributed by atoms with Gasteiger partial charge in [0.05, 0.1) is 6.61 Å². The third kappa shape index (κ3) is 1.74. The smallest absolute Gasteiger partial charge is 0.123 e. The first kappa shape index (κ1) is 9.49. The Balaban J connectivity index is 2.21. The standard InChI is InChI=1S/C11H15NO2/c1-8-7-10-9(5-6-13-12)3-2-4-11(10)14-8/h2-4,8H,5-7,12H2,1H3. The third-order valence-corrected chi connectivity index (χ3v) is 2.54. The average Bonchev–Trinajstić information content (AvgIpc) is 2.55. The van der Waals surface area contributed by atoms with Crippen LogP contribution in [0.5, 0.6) is 5.75 Å². The van der Waals surface area contributed by atoms with Gasteiger partial charge in [-0.25, -0.2) is 5.90 Å². The lowest BCUT2D eigenvalue weighted by Crippen LogP contribution is -2.07. The van der Waals surface area contributed by atoms with E-state index in [1.165, 1.54) is 11.1 Å². The van der Waals surface area contributed by atoms with Crippen LogP contribution in [0.1, 0.15) is 18.1 Å². The van der Waals surface area contributed by atoms with E-state index in [0.717, 1.165) is 18.6 Å². The van der Waals surface area contributed by atoms with Crippen LogP contribution in [-0.2, 0) is 17.7 Å². The SMILES string of the molecule is CC1Cc2c(CCON)cccc2O1. The van der Waals surface area contributed by atoms with Crippen molar-refractivity contribution in [3.05, 3.63) is 29.3 Å². The van der Waals surface area contributed by atoms with E-state index in [1.807, 2.05) is 12.1 Å². The van der Waals surface area contributed by atoms with Crippen LogP contribution in [0.2, 0.25) is 0 Å². The predicted molar refractivity (Wildman–Crippen MR) is 54.1 cm³/mol. The van der Waals surface area contributed by atoms with E-state index in [4.69, 9.17) is 10.6 Å². The molecular formula is C11H15NO2. The quantitative estimate of drug-likeness (QED) is 0.739. The van der Waals surface area contributed by atoms with Gasteiger partial charge in [-0.05, 0) is 25.0 Å². The first-order valence-electron chi connectivity index (χ1n) is 4.90. The molecule has 0 amide bonds. The molecule has 1 unspecified atom stereocenters. The Bertz CT molecular complexity index is 325. The van der Waals surface area contributed by atoms with Crippen LogP contribution in [0, 0.1) is 0 Å². The highest BCUT2D eigenvalue weighted by molar-refractivity contribution is 5.43. The molecule has 76 valence electrons. The molecule has 0 saturated heterocycles. The van der Waals surface area contributed by atoms with Gasteiger partial charge >= 0.3 is 0 Å². The fraction of sp³-hybridized carbons (Fsp3) is 0.455. The molecule has 0 aromatic heterocycles. The van der Waals surface area contributed by atoms with Crippen molar-refractivity contribution in [3.8, 4) is 5.75 Å². The Morgan fingerprint density at radius 2 is 2.43 bits per heavy atom. The van der Waals surface area contributed by atoms with E-state index in [1.54, 1.807) is 0 Å². The number of hydrogen-bond donors (Lipinski definition) is 1. The Labute approximate surface area is 83.8 Å². The molecule has 14 heavy (non-hydrogen) atoms. The summed E-state index contributed by atoms with van der Waals surface area (Å²) < 4.78 is 5.66. The van der Waals surface area contributed by atoms with Gasteiger partial charge in [0.2, 0.25) is 0 Å². The maximum Gasteiger partial charge on any atom is 0.123 e. The van der Waals surface area contributed by atoms with E-state index in [0.29, 0.717) is 12.7 Å². The van der Waals surface area contributed by atoms with Crippen LogP contribution < -0.4 is 10.6 Å². The van der Waals surface area contributed by atoms with Gasteiger partial charge in [0, 0.05) is 12.0 Å². The van der Waals surface area contributed by atoms with Gasteiger partial charge in [-0.3, -0.25) is 0 Å². The number of hydrogen-bond acceptors (Lipinski definition) is 3. The van der Waals surface area contributed by atoms with Crippen molar-refractivity contribution in [1.29, 1.82) is 0 Å². The number of rotatable bonds is 3. The summed E-state index contributed by atoms with van der Waals surface area (Å²) in [6.07, 6.45) is 2.15. The van der Waals surface area contributed by atoms with Crippen LogP contribution in [0.4, 0.5) is 0 Å². The molecule has 1 aliphatic rings. The molecule has 2 N–H and O–H groups in total. The number of benzene rings is 1. The van der Waals surface area contributed by atoms with Crippen LogP contribution in [0.3, 0.4) is 0 Å². The number of ether oxygens (including phenoxy) is 1. The second-order valence-corrected chi connectivity index (χ2v) is 3.65. The Kier molecular flexibility index (Phi) is 2.70. The van der Waals surface area contributed by atoms with Crippen molar-refractivity contribution in [3.63, 3.8) is 0 Å². The summed E-state index contributed by atoms with van der Waals surface area (Å²) in [5.74, 6) is 6.04. The van der Waals surface area contributed by atoms with Crippen molar-refractivity contribution < 1.29 is 9.57 Å². The predicted octanol–water partition coefficient (Wildman–Crippen LogP) is 1.44. The summed E-state index contributed by atoms with van der Waals surface area (Å²) in [5.41, 5.74) is 2.61. The van der Waals surface area contributed by atoms with Crippen molar-refractivity contribution >= 4 is 0 Å². The first-order chi connectivity index (χ1) is 6.81. The van der Waals surface area contributed by atoms with E-state index in [-0.39, 0.29) is 0 Å². The first-order valence-corrected chi connectivity index (χ1v) is 4.90. The molecule has 0 radical (unpaired) electrons. The highest BCUT2D eigenvalue weighted by atomic mass is 16.6. The van der Waals surface area contributed by atoms with Crippen molar-refractivity contribution in [2.45, 2.75) is 25.9 Å². The van der Waals surface area contributed by atoms with Gasteiger partial charge in [0.1, 0.15) is 11.9 Å². The minimum atomic E-state index is 0.296. The monoisotopic (exact) mass is 193 g/mol. The third-order valence-electron chi connectivity index (χ3n) is 2.54. The summed E-state index contributed by atoms with van der Waals surface area (Å²) in [6, 6.07) is 6.15. The Morgan fingerprint density at radius 1 is 1.57 bits per heavy atom. The van der Waals surface area contributed by atoms with Gasteiger partial charge in [0.25, 0.3) is 0 Å². The Hall–Kier alpha value is -1.06. The van der Waals surface area contributed by atoms with Crippen LogP contribution in [-0.4, -0.2) is 12.7 Å². The van der Waals surface area contributed by atoms with E-state index in [2.05, 4.69) is 17.8 Å². The molecule has 0 saturated carbocycles. The topological polar surface area (TPSA) is 44.5 Å². The highest BCUT2D eigenvalue weighted by Crippen LogP contribution is 2.31. The van der Waals surface area contributed by atoms with Gasteiger partial charge in [-0.15, -0.1) is 0 Å². The van der Waals surface area contributed by atoms with Crippen molar-refractivity contribution in [2.75, 3.05) is 6.61 Å². The zero-order chi connectivity index (χ0) is 9.97. The van der Waals surface area contributed by atoms with Gasteiger partial charge in [0.15, 0.2) is 0 Å². The lowest BCUT2D eigenvalue weighted by molar-refractivity contribution is 0.141. The molecule has 1 aliphatic heterocycles. The van der Waals surface area contributed by atoms with Crippen molar-refractivity contribution in [2.24, 2.45) is 5.90 Å². The summed E-state index contributed by atoms with van der Waals surface area (Å²) >= 11 is 0. The maximum atomic E-state index is 5.66. The normalized spacial score (nSPS) is 19.1. The molecule has 0 aliphatic carbocycles. The van der Waals surface area contributed by atoms with E-state index >= 15 is 0 Å². The number of fused-ring (bicyclic) bond motifs is 1. The van der Waals surface area contributed by atoms with Gasteiger partial charge in [-0.1, -0.05) is 12.1 Å². The van der Waals surface area contributed by atoms with Gasteiger partial charge < -0.3 is 9.57 Å². The molecule has 1 atom stereocenters. The molecular weight excluding hydrogens is 178 g/mol. The average molecular weight is 193 g/mol. The molecule has 0 spiro atoms. The highest BCUT2D eigenvalue weighted by Gasteiger charge is 2.20. The molecule has 1 aromatic rings. The van der Waals surface area contributed by atoms with Crippen LogP contribution >= 0.6 is 0 Å². The summed E-state index contributed by atoms with van der Waals surface area (Å²) in [4.78, 5) is 4.59. The molecule has 1 heterocycles. The van der Waals surface area contributed by atoms with E-state index < -0.39 is 0 Å². The van der Waals surface area contributed by atoms with E-state index in [9.17, 15) is 0 Å². The molecule has 0 bridgehead atoms. The molecule has 3 heteroatoms.